The maximum Gasteiger partial charge on any atom is 0.507 e. The molecule has 0 radical (unpaired) electrons. The van der Waals surface area contributed by atoms with Gasteiger partial charge in [0.2, 0.25) is 6.10 Å². The Hall–Kier alpha value is -4.36. The molecule has 1 aliphatic heterocycles. The molecule has 53 heavy (non-hydrogen) atoms. The summed E-state index contributed by atoms with van der Waals surface area (Å²) < 4.78 is 33.4. The fraction of sp³-hybridized carbons (Fsp3) is 0.600. The highest BCUT2D eigenvalue weighted by Crippen LogP contribution is 2.36. The smallest absolute Gasteiger partial charge is 0.466 e. The number of carbonyl (C=O) groups excluding carboxylic acids is 4. The van der Waals surface area contributed by atoms with Crippen LogP contribution in [0.25, 0.3) is 0 Å². The van der Waals surface area contributed by atoms with E-state index in [-0.39, 0.29) is 38.0 Å². The average molecular weight is 742 g/mol. The molecule has 3 atom stereocenters. The number of benzene rings is 2. The number of hydrogen-bond acceptors (Lipinski definition) is 11. The quantitative estimate of drug-likeness (QED) is 0.121. The van der Waals surface area contributed by atoms with Crippen LogP contribution in [0.1, 0.15) is 85.8 Å². The van der Waals surface area contributed by atoms with Crippen molar-refractivity contribution in [3.05, 3.63) is 71.8 Å². The largest absolute Gasteiger partial charge is 0.507 e. The van der Waals surface area contributed by atoms with Crippen molar-refractivity contribution in [3.8, 4) is 0 Å². The lowest BCUT2D eigenvalue weighted by atomic mass is 9.97. The molecule has 1 fully saturated rings. The van der Waals surface area contributed by atoms with E-state index in [1.54, 1.807) is 23.6 Å². The molecule has 2 aromatic rings. The van der Waals surface area contributed by atoms with Gasteiger partial charge in [-0.25, -0.2) is 19.2 Å². The zero-order chi connectivity index (χ0) is 39.3. The van der Waals surface area contributed by atoms with Crippen molar-refractivity contribution in [3.63, 3.8) is 0 Å². The van der Waals surface area contributed by atoms with E-state index in [2.05, 4.69) is 4.90 Å². The minimum absolute atomic E-state index is 0.0446. The van der Waals surface area contributed by atoms with E-state index in [1.165, 1.54) is 14.2 Å². The molecule has 0 aromatic heterocycles. The highest BCUT2D eigenvalue weighted by atomic mass is 16.7. The molecule has 2 amide bonds. The summed E-state index contributed by atoms with van der Waals surface area (Å²) in [4.78, 5) is 58.3. The van der Waals surface area contributed by atoms with Crippen LogP contribution in [0.2, 0.25) is 0 Å². The number of nitrogens with zero attached hydrogens (tertiary/aromatic N) is 3. The van der Waals surface area contributed by atoms with Gasteiger partial charge in [-0.1, -0.05) is 60.7 Å². The highest BCUT2D eigenvalue weighted by Gasteiger charge is 2.50. The van der Waals surface area contributed by atoms with E-state index in [9.17, 15) is 19.2 Å². The normalized spacial score (nSPS) is 16.5. The van der Waals surface area contributed by atoms with Crippen LogP contribution in [0.5, 0.6) is 0 Å². The monoisotopic (exact) mass is 741 g/mol. The fourth-order valence-electron chi connectivity index (χ4n) is 6.92. The van der Waals surface area contributed by atoms with E-state index in [0.717, 1.165) is 11.1 Å². The van der Waals surface area contributed by atoms with Crippen molar-refractivity contribution in [1.82, 2.24) is 14.7 Å². The van der Waals surface area contributed by atoms with Crippen molar-refractivity contribution in [2.75, 3.05) is 27.4 Å². The first-order valence-electron chi connectivity index (χ1n) is 18.2. The summed E-state index contributed by atoms with van der Waals surface area (Å²) >= 11 is 0. The van der Waals surface area contributed by atoms with Gasteiger partial charge in [0.05, 0.1) is 33.0 Å². The maximum absolute atomic E-state index is 14.2. The van der Waals surface area contributed by atoms with Gasteiger partial charge in [-0.15, -0.1) is 0 Å². The molecular formula is C40H59N3O10. The number of ether oxygens (including phenoxy) is 6. The zero-order valence-electron chi connectivity index (χ0n) is 33.0. The van der Waals surface area contributed by atoms with Gasteiger partial charge in [-0.2, -0.15) is 0 Å². The van der Waals surface area contributed by atoms with Crippen molar-refractivity contribution in [1.29, 1.82) is 0 Å². The lowest BCUT2D eigenvalue weighted by molar-refractivity contribution is -0.152. The number of hydrogen-bond donors (Lipinski definition) is 0. The number of amides is 2. The Morgan fingerprint density at radius 1 is 0.774 bits per heavy atom. The first kappa shape index (κ1) is 43.0. The maximum atomic E-state index is 14.2. The second-order valence-electron chi connectivity index (χ2n) is 14.9. The van der Waals surface area contributed by atoms with Gasteiger partial charge in [0, 0.05) is 37.6 Å². The van der Waals surface area contributed by atoms with E-state index in [0.29, 0.717) is 19.7 Å². The highest BCUT2D eigenvalue weighted by molar-refractivity contribution is 5.79. The number of carbonyl (C=O) groups is 4. The molecular weight excluding hydrogens is 682 g/mol. The second-order valence-corrected chi connectivity index (χ2v) is 14.9. The molecule has 1 heterocycles. The average Bonchev–Trinajstić information content (AvgIpc) is 3.33. The van der Waals surface area contributed by atoms with Crippen LogP contribution < -0.4 is 0 Å². The van der Waals surface area contributed by atoms with Crippen LogP contribution in [-0.2, 0) is 46.3 Å². The van der Waals surface area contributed by atoms with Gasteiger partial charge in [0.25, 0.3) is 0 Å². The molecule has 294 valence electrons. The summed E-state index contributed by atoms with van der Waals surface area (Å²) in [5.74, 6) is -0.706. The van der Waals surface area contributed by atoms with Gasteiger partial charge in [-0.3, -0.25) is 9.80 Å². The van der Waals surface area contributed by atoms with Crippen LogP contribution in [-0.4, -0.2) is 108 Å². The molecule has 3 rings (SSSR count). The minimum atomic E-state index is -1.25. The molecule has 0 saturated carbocycles. The number of methoxy groups -OCH3 is 2. The Labute approximate surface area is 314 Å². The molecule has 13 nitrogen and oxygen atoms in total. The Kier molecular flexibility index (Phi) is 16.0. The van der Waals surface area contributed by atoms with Gasteiger partial charge in [0.15, 0.2) is 0 Å². The van der Waals surface area contributed by atoms with Crippen molar-refractivity contribution >= 4 is 24.3 Å². The lowest BCUT2D eigenvalue weighted by Crippen LogP contribution is -2.55. The van der Waals surface area contributed by atoms with Crippen LogP contribution in [0.4, 0.5) is 14.4 Å². The number of esters is 1. The standard InChI is InChI=1S/C40H59N3O10/c1-28(2)42(29(3)4)36(45)53-34(35(44)48-9)22-21-32(41(25-30-17-13-11-14-18-30)26-31-19-15-12-16-20-31)33(23-24-50-38(47)49-10)52-37(46)43-39(5,6)27-51-40(43,7)8/h11-20,28-29,32-34H,21-27H2,1-10H3/t32-,33-,34+/m0/s1. The van der Waals surface area contributed by atoms with Crippen LogP contribution >= 0.6 is 0 Å². The molecule has 0 spiro atoms. The molecule has 0 aliphatic carbocycles. The van der Waals surface area contributed by atoms with E-state index < -0.39 is 53.8 Å². The summed E-state index contributed by atoms with van der Waals surface area (Å²) in [5, 5.41) is 0. The number of rotatable bonds is 17. The van der Waals surface area contributed by atoms with E-state index in [4.69, 9.17) is 28.4 Å². The molecule has 0 N–H and O–H groups in total. The van der Waals surface area contributed by atoms with Gasteiger partial charge >= 0.3 is 24.3 Å². The third kappa shape index (κ3) is 12.3. The summed E-state index contributed by atoms with van der Waals surface area (Å²) in [7, 11) is 2.46. The molecule has 2 aromatic carbocycles. The molecule has 0 bridgehead atoms. The molecule has 0 unspecified atom stereocenters. The third-order valence-electron chi connectivity index (χ3n) is 9.26. The Morgan fingerprint density at radius 2 is 1.32 bits per heavy atom. The summed E-state index contributed by atoms with van der Waals surface area (Å²) in [6, 6.07) is 18.8. The summed E-state index contributed by atoms with van der Waals surface area (Å²) in [6.45, 7) is 16.0. The third-order valence-corrected chi connectivity index (χ3v) is 9.26. The lowest BCUT2D eigenvalue weighted by Gasteiger charge is -2.41. The first-order chi connectivity index (χ1) is 25.0. The Bertz CT molecular complexity index is 1400. The SMILES string of the molecule is COC(=O)OCC[C@H](OC(=O)N1C(C)(C)COC1(C)C)[C@H](CC[C@@H](OC(=O)N(C(C)C)C(C)C)C(=O)OC)N(Cc1ccccc1)Cc1ccccc1. The van der Waals surface area contributed by atoms with Gasteiger partial charge in [0.1, 0.15) is 11.8 Å². The topological polar surface area (TPSA) is 133 Å². The van der Waals surface area contributed by atoms with Crippen LogP contribution in [0.15, 0.2) is 60.7 Å². The van der Waals surface area contributed by atoms with Crippen molar-refractivity contribution in [2.24, 2.45) is 0 Å². The Morgan fingerprint density at radius 3 is 1.77 bits per heavy atom. The summed E-state index contributed by atoms with van der Waals surface area (Å²) in [6.07, 6.45) is -3.89. The van der Waals surface area contributed by atoms with Gasteiger partial charge < -0.3 is 33.3 Å². The molecule has 13 heteroatoms. The second kappa shape index (κ2) is 19.6. The molecule has 1 saturated heterocycles. The molecule has 1 aliphatic rings. The predicted octanol–water partition coefficient (Wildman–Crippen LogP) is 7.16. The van der Waals surface area contributed by atoms with Crippen molar-refractivity contribution in [2.45, 2.75) is 129 Å². The minimum Gasteiger partial charge on any atom is -0.466 e. The van der Waals surface area contributed by atoms with Crippen molar-refractivity contribution < 1.29 is 47.6 Å². The first-order valence-corrected chi connectivity index (χ1v) is 18.2. The van der Waals surface area contributed by atoms with Crippen LogP contribution in [0.3, 0.4) is 0 Å². The van der Waals surface area contributed by atoms with Gasteiger partial charge in [-0.05, 0) is 79.4 Å². The predicted molar refractivity (Wildman–Crippen MR) is 199 cm³/mol. The van der Waals surface area contributed by atoms with E-state index in [1.807, 2.05) is 102 Å². The van der Waals surface area contributed by atoms with E-state index >= 15 is 0 Å². The summed E-state index contributed by atoms with van der Waals surface area (Å²) in [5.41, 5.74) is 0.361. The Balaban J connectivity index is 2.12. The van der Waals surface area contributed by atoms with Crippen LogP contribution in [0, 0.1) is 0 Å². The zero-order valence-corrected chi connectivity index (χ0v) is 33.0. The fourth-order valence-corrected chi connectivity index (χ4v) is 6.92.